The molecule has 1 atom stereocenters. The molecule has 0 saturated carbocycles. The van der Waals surface area contributed by atoms with Crippen LogP contribution in [0.5, 0.6) is 0 Å². The number of aromatic nitrogens is 1. The molecule has 36 heavy (non-hydrogen) atoms. The van der Waals surface area contributed by atoms with E-state index in [1.54, 1.807) is 72.1 Å². The topological polar surface area (TPSA) is 81.2 Å². The lowest BCUT2D eigenvalue weighted by molar-refractivity contribution is -0.222. The summed E-state index contributed by atoms with van der Waals surface area (Å²) in [5, 5.41) is 4.24. The number of methoxy groups -OCH3 is 1. The van der Waals surface area contributed by atoms with Crippen molar-refractivity contribution in [2.45, 2.75) is 58.8 Å². The Morgan fingerprint density at radius 1 is 0.944 bits per heavy atom. The van der Waals surface area contributed by atoms with Gasteiger partial charge in [0, 0.05) is 22.3 Å². The van der Waals surface area contributed by atoms with Crippen LogP contribution in [0.1, 0.15) is 53.1 Å². The maximum Gasteiger partial charge on any atom is 0.454 e. The number of esters is 1. The van der Waals surface area contributed by atoms with Crippen LogP contribution in [0.2, 0.25) is 0 Å². The van der Waals surface area contributed by atoms with Crippen LogP contribution in [0, 0.1) is 0 Å². The molecule has 3 aromatic rings. The summed E-state index contributed by atoms with van der Waals surface area (Å²) in [5.41, 5.74) is -0.530. The number of carbonyl (C=O) groups is 2. The first-order valence-electron chi connectivity index (χ1n) is 11.5. The van der Waals surface area contributed by atoms with E-state index in [4.69, 9.17) is 14.3 Å². The lowest BCUT2D eigenvalue weighted by Crippen LogP contribution is -2.54. The van der Waals surface area contributed by atoms with Crippen LogP contribution in [0.25, 0.3) is 10.8 Å². The number of ether oxygens (including phenoxy) is 2. The van der Waals surface area contributed by atoms with Gasteiger partial charge in [-0.05, 0) is 82.8 Å². The fourth-order valence-electron chi connectivity index (χ4n) is 3.47. The third kappa shape index (κ3) is 6.95. The van der Waals surface area contributed by atoms with Crippen LogP contribution < -0.4 is 5.01 Å². The summed E-state index contributed by atoms with van der Waals surface area (Å²) in [7, 11) is 1.31. The molecule has 0 aliphatic carbocycles. The van der Waals surface area contributed by atoms with E-state index in [-0.39, 0.29) is 0 Å². The zero-order valence-electron chi connectivity index (χ0n) is 21.6. The van der Waals surface area contributed by atoms with Gasteiger partial charge in [0.05, 0.1) is 18.4 Å². The number of pyridine rings is 1. The minimum Gasteiger partial charge on any atom is -0.467 e. The minimum absolute atomic E-state index is 0.513. The molecule has 0 bridgehead atoms. The van der Waals surface area contributed by atoms with E-state index < -0.39 is 29.3 Å². The van der Waals surface area contributed by atoms with Gasteiger partial charge < -0.3 is 9.47 Å². The molecule has 1 aromatic heterocycles. The molecule has 0 radical (unpaired) electrons. The predicted octanol–water partition coefficient (Wildman–Crippen LogP) is 6.60. The number of hydrazine groups is 1. The minimum atomic E-state index is -1.08. The second-order valence-electron chi connectivity index (χ2n) is 10.2. The summed E-state index contributed by atoms with van der Waals surface area (Å²) in [5.74, 6) is -0.589. The second-order valence-corrected chi connectivity index (χ2v) is 11.1. The van der Waals surface area contributed by atoms with Gasteiger partial charge in [0.25, 0.3) is 0 Å². The molecule has 1 unspecified atom stereocenters. The molecule has 8 nitrogen and oxygen atoms in total. The van der Waals surface area contributed by atoms with Crippen LogP contribution in [0.3, 0.4) is 0 Å². The fraction of sp³-hybridized carbons (Fsp3) is 0.370. The number of nitrogens with zero attached hydrogens (tertiary/aromatic N) is 3. The Morgan fingerprint density at radius 2 is 1.67 bits per heavy atom. The number of benzene rings is 2. The summed E-state index contributed by atoms with van der Waals surface area (Å²) in [6.07, 6.45) is 2.64. The summed E-state index contributed by atoms with van der Waals surface area (Å²) in [4.78, 5) is 37.3. The monoisotopic (exact) mass is 557 g/mol. The van der Waals surface area contributed by atoms with Crippen molar-refractivity contribution in [1.29, 1.82) is 0 Å². The molecule has 3 rings (SSSR count). The van der Waals surface area contributed by atoms with Crippen LogP contribution >= 0.6 is 15.9 Å². The summed E-state index contributed by atoms with van der Waals surface area (Å²) in [6.45, 7) is 10.7. The molecule has 0 fully saturated rings. The van der Waals surface area contributed by atoms with Gasteiger partial charge in [-0.15, -0.1) is 0 Å². The van der Waals surface area contributed by atoms with Crippen molar-refractivity contribution in [3.8, 4) is 0 Å². The van der Waals surface area contributed by atoms with E-state index in [1.165, 1.54) is 12.1 Å². The molecule has 2 aromatic carbocycles. The highest BCUT2D eigenvalue weighted by molar-refractivity contribution is 9.10. The van der Waals surface area contributed by atoms with Gasteiger partial charge >= 0.3 is 12.1 Å². The van der Waals surface area contributed by atoms with Crippen molar-refractivity contribution < 1.29 is 23.9 Å². The van der Waals surface area contributed by atoms with E-state index in [9.17, 15) is 9.59 Å². The molecule has 9 heteroatoms. The number of hydrogen-bond acceptors (Lipinski definition) is 7. The van der Waals surface area contributed by atoms with Crippen molar-refractivity contribution in [3.05, 3.63) is 71.0 Å². The normalized spacial score (nSPS) is 12.7. The van der Waals surface area contributed by atoms with Crippen LogP contribution in [-0.2, 0) is 19.1 Å². The number of rotatable bonds is 6. The first kappa shape index (κ1) is 27.4. The van der Waals surface area contributed by atoms with E-state index >= 15 is 0 Å². The number of carbonyl (C=O) groups excluding carboxylic acids is 2. The van der Waals surface area contributed by atoms with Crippen LogP contribution in [0.4, 0.5) is 10.5 Å². The highest BCUT2D eigenvalue weighted by Gasteiger charge is 2.40. The van der Waals surface area contributed by atoms with Gasteiger partial charge in [-0.2, -0.15) is 0 Å². The molecular formula is C27H32BrN3O5. The Hall–Kier alpha value is -3.17. The van der Waals surface area contributed by atoms with Crippen molar-refractivity contribution in [1.82, 2.24) is 10.2 Å². The second kappa shape index (κ2) is 10.8. The van der Waals surface area contributed by atoms with Crippen molar-refractivity contribution in [2.24, 2.45) is 0 Å². The Labute approximate surface area is 220 Å². The maximum atomic E-state index is 13.6. The number of anilines is 1. The third-order valence-electron chi connectivity index (χ3n) is 4.83. The zero-order valence-corrected chi connectivity index (χ0v) is 23.2. The van der Waals surface area contributed by atoms with E-state index in [0.717, 1.165) is 20.4 Å². The number of halogens is 1. The van der Waals surface area contributed by atoms with Gasteiger partial charge in [-0.25, -0.2) is 19.4 Å². The Balaban J connectivity index is 2.30. The van der Waals surface area contributed by atoms with Gasteiger partial charge in [-0.3, -0.25) is 4.98 Å². The number of amides is 1. The highest BCUT2D eigenvalue weighted by atomic mass is 79.9. The lowest BCUT2D eigenvalue weighted by atomic mass is 10.0. The molecule has 0 aliphatic heterocycles. The first-order valence-corrected chi connectivity index (χ1v) is 12.3. The molecule has 0 spiro atoms. The summed E-state index contributed by atoms with van der Waals surface area (Å²) >= 11 is 3.48. The molecule has 192 valence electrons. The van der Waals surface area contributed by atoms with Gasteiger partial charge in [-0.1, -0.05) is 39.3 Å². The average Bonchev–Trinajstić information content (AvgIpc) is 2.78. The number of hydrogen-bond donors (Lipinski definition) is 0. The quantitative estimate of drug-likeness (QED) is 0.249. The highest BCUT2D eigenvalue weighted by Crippen LogP contribution is 2.35. The molecule has 0 N–H and O–H groups in total. The average molecular weight is 558 g/mol. The van der Waals surface area contributed by atoms with Gasteiger partial charge in [0.2, 0.25) is 0 Å². The van der Waals surface area contributed by atoms with Crippen LogP contribution in [-0.4, -0.2) is 40.5 Å². The van der Waals surface area contributed by atoms with Crippen molar-refractivity contribution >= 4 is 44.5 Å². The smallest absolute Gasteiger partial charge is 0.454 e. The fourth-order valence-corrected chi connectivity index (χ4v) is 3.88. The molecule has 0 aliphatic rings. The molecule has 1 heterocycles. The van der Waals surface area contributed by atoms with Gasteiger partial charge in [0.1, 0.15) is 5.60 Å². The first-order chi connectivity index (χ1) is 16.8. The number of hydroxylamine groups is 1. The molecule has 0 saturated heterocycles. The molecular weight excluding hydrogens is 526 g/mol. The van der Waals surface area contributed by atoms with E-state index in [1.807, 2.05) is 30.3 Å². The Bertz CT molecular complexity index is 1240. The lowest BCUT2D eigenvalue weighted by Gasteiger charge is -2.42. The van der Waals surface area contributed by atoms with Crippen LogP contribution in [0.15, 0.2) is 65.4 Å². The number of fused-ring (bicyclic) bond motifs is 1. The van der Waals surface area contributed by atoms with Crippen molar-refractivity contribution in [3.63, 3.8) is 0 Å². The third-order valence-corrected chi connectivity index (χ3v) is 5.32. The SMILES string of the molecule is COC(=O)C(c1cccc(Br)c1)N(c1ccc2cnccc2c1)N(OC(C)(C)C)C(=O)OC(C)(C)C. The Kier molecular flexibility index (Phi) is 8.26. The Morgan fingerprint density at radius 3 is 2.28 bits per heavy atom. The van der Waals surface area contributed by atoms with E-state index in [0.29, 0.717) is 11.3 Å². The maximum absolute atomic E-state index is 13.6. The van der Waals surface area contributed by atoms with Gasteiger partial charge in [0.15, 0.2) is 6.04 Å². The zero-order chi connectivity index (χ0) is 26.7. The standard InChI is InChI=1S/C27H32BrN3O5/c1-26(2,3)35-25(33)31(36-27(4,5)6)30(22-12-11-20-17-29-14-13-18(20)16-22)23(24(32)34-7)19-9-8-10-21(28)15-19/h8-17,23H,1-7H3. The van der Waals surface area contributed by atoms with Crippen molar-refractivity contribution in [2.75, 3.05) is 12.1 Å². The summed E-state index contributed by atoms with van der Waals surface area (Å²) in [6, 6.07) is 13.5. The van der Waals surface area contributed by atoms with E-state index in [2.05, 4.69) is 20.9 Å². The largest absolute Gasteiger partial charge is 0.467 e. The molecule has 1 amide bonds. The summed E-state index contributed by atoms with van der Waals surface area (Å²) < 4.78 is 11.7. The predicted molar refractivity (Wildman–Crippen MR) is 142 cm³/mol.